The number of carboxylic acid groups (broad SMARTS) is 1. The van der Waals surface area contributed by atoms with Crippen LogP contribution in [-0.2, 0) is 4.79 Å². The minimum absolute atomic E-state index is 0.0749. The average molecular weight is 326 g/mol. The van der Waals surface area contributed by atoms with E-state index in [1.807, 2.05) is 24.3 Å². The summed E-state index contributed by atoms with van der Waals surface area (Å²) in [5.74, 6) is -0.591. The lowest BCUT2D eigenvalue weighted by Gasteiger charge is -2.22. The van der Waals surface area contributed by atoms with Crippen molar-refractivity contribution in [1.29, 1.82) is 0 Å². The zero-order valence-electron chi connectivity index (χ0n) is 13.6. The summed E-state index contributed by atoms with van der Waals surface area (Å²) >= 11 is 0. The zero-order chi connectivity index (χ0) is 16.9. The largest absolute Gasteiger partial charge is 0.480 e. The number of imidazole rings is 1. The maximum absolute atomic E-state index is 12.4. The standard InChI is InChI=1S/C19H22N2O3/c22-18(12-17(19(23)24)21-11-10-20-13-21)16-8-6-15(7-9-16)14-4-2-1-3-5-14/h6-11,13-14,17H,1-5,12H2,(H,23,24). The lowest BCUT2D eigenvalue weighted by atomic mass is 9.84. The summed E-state index contributed by atoms with van der Waals surface area (Å²) in [5.41, 5.74) is 1.86. The zero-order valence-corrected chi connectivity index (χ0v) is 13.6. The molecule has 24 heavy (non-hydrogen) atoms. The molecule has 0 saturated heterocycles. The van der Waals surface area contributed by atoms with E-state index in [9.17, 15) is 14.7 Å². The van der Waals surface area contributed by atoms with Gasteiger partial charge >= 0.3 is 5.97 Å². The van der Waals surface area contributed by atoms with Gasteiger partial charge in [0, 0.05) is 24.4 Å². The van der Waals surface area contributed by atoms with E-state index in [1.54, 1.807) is 6.20 Å². The van der Waals surface area contributed by atoms with Gasteiger partial charge in [-0.05, 0) is 24.3 Å². The van der Waals surface area contributed by atoms with Crippen LogP contribution in [0.4, 0.5) is 0 Å². The molecule has 0 amide bonds. The highest BCUT2D eigenvalue weighted by atomic mass is 16.4. The van der Waals surface area contributed by atoms with Gasteiger partial charge in [-0.3, -0.25) is 4.79 Å². The summed E-state index contributed by atoms with van der Waals surface area (Å²) in [4.78, 5) is 27.7. The quantitative estimate of drug-likeness (QED) is 0.819. The van der Waals surface area contributed by atoms with Crippen molar-refractivity contribution >= 4 is 11.8 Å². The summed E-state index contributed by atoms with van der Waals surface area (Å²) < 4.78 is 1.45. The fourth-order valence-electron chi connectivity index (χ4n) is 3.44. The second kappa shape index (κ2) is 7.43. The van der Waals surface area contributed by atoms with Crippen LogP contribution in [0.15, 0.2) is 43.0 Å². The number of carbonyl (C=O) groups excluding carboxylic acids is 1. The Kier molecular flexibility index (Phi) is 5.08. The number of Topliss-reactive ketones (excluding diaryl/α,β-unsaturated/α-hetero) is 1. The Labute approximate surface area is 141 Å². The topological polar surface area (TPSA) is 72.2 Å². The molecule has 126 valence electrons. The van der Waals surface area contributed by atoms with Crippen molar-refractivity contribution in [3.05, 3.63) is 54.1 Å². The Morgan fingerprint density at radius 1 is 1.17 bits per heavy atom. The van der Waals surface area contributed by atoms with Crippen LogP contribution < -0.4 is 0 Å². The van der Waals surface area contributed by atoms with Crippen molar-refractivity contribution in [2.75, 3.05) is 0 Å². The predicted molar refractivity (Wildman–Crippen MR) is 90.1 cm³/mol. The summed E-state index contributed by atoms with van der Waals surface area (Å²) in [7, 11) is 0. The smallest absolute Gasteiger partial charge is 0.327 e. The SMILES string of the molecule is O=C(CC(C(=O)O)n1ccnc1)c1ccc(C2CCCCC2)cc1. The monoisotopic (exact) mass is 326 g/mol. The number of carbonyl (C=O) groups is 2. The molecule has 0 spiro atoms. The molecule has 5 nitrogen and oxygen atoms in total. The molecule has 1 fully saturated rings. The Hall–Kier alpha value is -2.43. The predicted octanol–water partition coefficient (Wildman–Crippen LogP) is 3.83. The van der Waals surface area contributed by atoms with Gasteiger partial charge in [-0.25, -0.2) is 9.78 Å². The average Bonchev–Trinajstić information content (AvgIpc) is 3.14. The fourth-order valence-corrected chi connectivity index (χ4v) is 3.44. The number of rotatable bonds is 6. The maximum atomic E-state index is 12.4. The van der Waals surface area contributed by atoms with Gasteiger partial charge in [0.25, 0.3) is 0 Å². The molecule has 1 unspecified atom stereocenters. The van der Waals surface area contributed by atoms with Crippen LogP contribution in [0.25, 0.3) is 0 Å². The van der Waals surface area contributed by atoms with Crippen LogP contribution in [0.3, 0.4) is 0 Å². The second-order valence-corrected chi connectivity index (χ2v) is 6.45. The van der Waals surface area contributed by atoms with Crippen LogP contribution in [0.1, 0.15) is 66.4 Å². The number of carboxylic acids is 1. The van der Waals surface area contributed by atoms with E-state index in [0.717, 1.165) is 0 Å². The second-order valence-electron chi connectivity index (χ2n) is 6.45. The Morgan fingerprint density at radius 3 is 2.46 bits per heavy atom. The molecular formula is C19H22N2O3. The van der Waals surface area contributed by atoms with Crippen LogP contribution in [0, 0.1) is 0 Å². The molecule has 2 aromatic rings. The first kappa shape index (κ1) is 16.4. The third kappa shape index (κ3) is 3.72. The Morgan fingerprint density at radius 2 is 1.88 bits per heavy atom. The number of hydrogen-bond acceptors (Lipinski definition) is 3. The highest BCUT2D eigenvalue weighted by Crippen LogP contribution is 2.32. The number of hydrogen-bond donors (Lipinski definition) is 1. The lowest BCUT2D eigenvalue weighted by Crippen LogP contribution is -2.21. The first-order chi connectivity index (χ1) is 11.6. The van der Waals surface area contributed by atoms with Gasteiger partial charge in [0.05, 0.1) is 6.33 Å². The van der Waals surface area contributed by atoms with E-state index in [0.29, 0.717) is 11.5 Å². The Balaban J connectivity index is 1.69. The first-order valence-electron chi connectivity index (χ1n) is 8.48. The van der Waals surface area contributed by atoms with Crippen LogP contribution in [0.2, 0.25) is 0 Å². The molecule has 1 aliphatic carbocycles. The van der Waals surface area contributed by atoms with E-state index in [-0.39, 0.29) is 12.2 Å². The van der Waals surface area contributed by atoms with E-state index in [2.05, 4.69) is 4.98 Å². The summed E-state index contributed by atoms with van der Waals surface area (Å²) in [6.45, 7) is 0. The lowest BCUT2D eigenvalue weighted by molar-refractivity contribution is -0.140. The molecule has 1 N–H and O–H groups in total. The van der Waals surface area contributed by atoms with Gasteiger partial charge in [0.15, 0.2) is 5.78 Å². The molecule has 0 radical (unpaired) electrons. The normalized spacial score (nSPS) is 16.7. The molecule has 1 saturated carbocycles. The van der Waals surface area contributed by atoms with Gasteiger partial charge in [0.2, 0.25) is 0 Å². The van der Waals surface area contributed by atoms with E-state index in [1.165, 1.54) is 54.8 Å². The molecule has 1 aromatic heterocycles. The molecule has 0 bridgehead atoms. The van der Waals surface area contributed by atoms with Crippen LogP contribution in [-0.4, -0.2) is 26.4 Å². The van der Waals surface area contributed by atoms with Crippen molar-refractivity contribution < 1.29 is 14.7 Å². The van der Waals surface area contributed by atoms with Crippen LogP contribution >= 0.6 is 0 Å². The van der Waals surface area contributed by atoms with E-state index >= 15 is 0 Å². The minimum Gasteiger partial charge on any atom is -0.480 e. The minimum atomic E-state index is -1.03. The molecule has 1 atom stereocenters. The van der Waals surface area contributed by atoms with Gasteiger partial charge in [-0.1, -0.05) is 43.5 Å². The van der Waals surface area contributed by atoms with E-state index in [4.69, 9.17) is 0 Å². The summed E-state index contributed by atoms with van der Waals surface area (Å²) in [6.07, 6.45) is 10.7. The molecule has 1 heterocycles. The molecule has 0 aliphatic heterocycles. The molecular weight excluding hydrogens is 304 g/mol. The van der Waals surface area contributed by atoms with Crippen molar-refractivity contribution in [2.24, 2.45) is 0 Å². The third-order valence-electron chi connectivity index (χ3n) is 4.86. The van der Waals surface area contributed by atoms with Gasteiger partial charge < -0.3 is 9.67 Å². The fraction of sp³-hybridized carbons (Fsp3) is 0.421. The molecule has 1 aromatic carbocycles. The van der Waals surface area contributed by atoms with Crippen molar-refractivity contribution in [2.45, 2.75) is 50.5 Å². The van der Waals surface area contributed by atoms with Crippen molar-refractivity contribution in [3.8, 4) is 0 Å². The maximum Gasteiger partial charge on any atom is 0.327 e. The molecule has 5 heteroatoms. The van der Waals surface area contributed by atoms with Crippen LogP contribution in [0.5, 0.6) is 0 Å². The van der Waals surface area contributed by atoms with E-state index < -0.39 is 12.0 Å². The number of aromatic nitrogens is 2. The number of ketones is 1. The van der Waals surface area contributed by atoms with Gasteiger partial charge in [0.1, 0.15) is 6.04 Å². The Bertz CT molecular complexity index is 686. The number of nitrogens with zero attached hydrogens (tertiary/aromatic N) is 2. The number of benzene rings is 1. The molecule has 1 aliphatic rings. The highest BCUT2D eigenvalue weighted by molar-refractivity contribution is 5.98. The van der Waals surface area contributed by atoms with Crippen molar-refractivity contribution in [3.63, 3.8) is 0 Å². The number of aliphatic carboxylic acids is 1. The van der Waals surface area contributed by atoms with Gasteiger partial charge in [-0.2, -0.15) is 0 Å². The summed E-state index contributed by atoms with van der Waals surface area (Å²) in [5, 5.41) is 9.35. The third-order valence-corrected chi connectivity index (χ3v) is 4.86. The molecule has 3 rings (SSSR count). The van der Waals surface area contributed by atoms with Gasteiger partial charge in [-0.15, -0.1) is 0 Å². The van der Waals surface area contributed by atoms with Crippen molar-refractivity contribution in [1.82, 2.24) is 9.55 Å². The highest BCUT2D eigenvalue weighted by Gasteiger charge is 2.23. The first-order valence-corrected chi connectivity index (χ1v) is 8.48. The summed E-state index contributed by atoms with van der Waals surface area (Å²) in [6, 6.07) is 6.79.